The van der Waals surface area contributed by atoms with E-state index in [0.717, 1.165) is 32.1 Å². The number of unbranched alkanes of at least 4 members (excludes halogenated alkanes) is 7. The molecule has 0 spiro atoms. The summed E-state index contributed by atoms with van der Waals surface area (Å²) in [7, 11) is 1.39. The summed E-state index contributed by atoms with van der Waals surface area (Å²) in [6.07, 6.45) is 15.0. The Morgan fingerprint density at radius 1 is 1.15 bits per heavy atom. The Balaban J connectivity index is 2.53. The lowest BCUT2D eigenvalue weighted by molar-refractivity contribution is -0.140. The van der Waals surface area contributed by atoms with Crippen LogP contribution < -0.4 is 0 Å². The van der Waals surface area contributed by atoms with Crippen LogP contribution in [0.1, 0.15) is 71.1 Å². The number of halogens is 1. The van der Waals surface area contributed by atoms with Crippen LogP contribution in [0, 0.1) is 0 Å². The molecule has 0 amide bonds. The molecule has 0 aliphatic heterocycles. The summed E-state index contributed by atoms with van der Waals surface area (Å²) >= 11 is 6.01. The van der Waals surface area contributed by atoms with Crippen molar-refractivity contribution in [1.82, 2.24) is 0 Å². The number of hydrogen-bond donors (Lipinski definition) is 1. The first-order chi connectivity index (χ1) is 12.5. The van der Waals surface area contributed by atoms with Crippen LogP contribution in [-0.4, -0.2) is 29.3 Å². The van der Waals surface area contributed by atoms with E-state index in [1.807, 2.05) is 18.2 Å². The highest BCUT2D eigenvalue weighted by atomic mass is 35.5. The van der Waals surface area contributed by atoms with Gasteiger partial charge in [0.05, 0.1) is 7.11 Å². The Morgan fingerprint density at radius 3 is 2.54 bits per heavy atom. The molecule has 0 aromatic carbocycles. The molecule has 0 aromatic heterocycles. The van der Waals surface area contributed by atoms with Crippen LogP contribution in [0.5, 0.6) is 0 Å². The zero-order valence-electron chi connectivity index (χ0n) is 15.9. The lowest BCUT2D eigenvalue weighted by Gasteiger charge is -2.01. The lowest BCUT2D eigenvalue weighted by atomic mass is 10.0. The maximum absolute atomic E-state index is 12.3. The molecular weight excluding hydrogens is 352 g/mol. The molecule has 0 radical (unpaired) electrons. The third-order valence-electron chi connectivity index (χ3n) is 4.47. The van der Waals surface area contributed by atoms with Crippen LogP contribution in [0.2, 0.25) is 0 Å². The van der Waals surface area contributed by atoms with Crippen molar-refractivity contribution in [2.45, 2.75) is 76.5 Å². The van der Waals surface area contributed by atoms with E-state index in [2.05, 4.69) is 11.7 Å². The predicted octanol–water partition coefficient (Wildman–Crippen LogP) is 5.57. The number of aliphatic hydroxyl groups excluding tert-OH is 1. The Kier molecular flexibility index (Phi) is 11.0. The predicted molar refractivity (Wildman–Crippen MR) is 105 cm³/mol. The van der Waals surface area contributed by atoms with E-state index in [1.165, 1.54) is 26.4 Å². The molecule has 1 aliphatic rings. The topological polar surface area (TPSA) is 63.6 Å². The molecule has 0 heterocycles. The van der Waals surface area contributed by atoms with Gasteiger partial charge in [-0.1, -0.05) is 50.8 Å². The Labute approximate surface area is 161 Å². The molecule has 0 aromatic rings. The first-order valence-electron chi connectivity index (χ1n) is 9.58. The van der Waals surface area contributed by atoms with E-state index >= 15 is 0 Å². The lowest BCUT2D eigenvalue weighted by Crippen LogP contribution is -2.10. The number of ether oxygens (including phenoxy) is 1. The van der Waals surface area contributed by atoms with Crippen LogP contribution in [0.3, 0.4) is 0 Å². The van der Waals surface area contributed by atoms with Gasteiger partial charge in [-0.15, -0.1) is 11.6 Å². The molecular formula is C21H31ClO4. The molecule has 1 N–H and O–H groups in total. The zero-order chi connectivity index (χ0) is 19.4. The monoisotopic (exact) mass is 382 g/mol. The van der Waals surface area contributed by atoms with Crippen molar-refractivity contribution >= 4 is 23.4 Å². The van der Waals surface area contributed by atoms with Gasteiger partial charge in [0.15, 0.2) is 11.2 Å². The molecule has 1 aliphatic carbocycles. The Bertz CT molecular complexity index is 560. The van der Waals surface area contributed by atoms with Gasteiger partial charge >= 0.3 is 5.97 Å². The minimum atomic E-state index is -0.972. The largest absolute Gasteiger partial charge is 0.510 e. The number of rotatable bonds is 12. The number of carbonyl (C=O) groups excluding carboxylic acids is 2. The summed E-state index contributed by atoms with van der Waals surface area (Å²) < 4.78 is 4.61. The van der Waals surface area contributed by atoms with Crippen molar-refractivity contribution in [2.75, 3.05) is 7.11 Å². The van der Waals surface area contributed by atoms with Gasteiger partial charge in [0.25, 0.3) is 0 Å². The fourth-order valence-electron chi connectivity index (χ4n) is 2.88. The fraction of sp³-hybridized carbons (Fsp3) is 0.619. The van der Waals surface area contributed by atoms with Gasteiger partial charge in [-0.2, -0.15) is 0 Å². The highest BCUT2D eigenvalue weighted by Crippen LogP contribution is 2.32. The van der Waals surface area contributed by atoms with E-state index in [1.54, 1.807) is 0 Å². The van der Waals surface area contributed by atoms with Crippen molar-refractivity contribution in [3.63, 3.8) is 0 Å². The van der Waals surface area contributed by atoms with Gasteiger partial charge in [-0.25, -0.2) is 0 Å². The first-order valence-corrected chi connectivity index (χ1v) is 10.0. The summed E-state index contributed by atoms with van der Waals surface area (Å²) in [6, 6.07) is 0. The highest BCUT2D eigenvalue weighted by Gasteiger charge is 2.34. The van der Waals surface area contributed by atoms with Crippen LogP contribution in [-0.2, 0) is 14.3 Å². The van der Waals surface area contributed by atoms with Crippen LogP contribution >= 0.6 is 11.6 Å². The average molecular weight is 383 g/mol. The van der Waals surface area contributed by atoms with Crippen LogP contribution in [0.25, 0.3) is 0 Å². The number of carbonyl (C=O) groups is 2. The molecule has 4 nitrogen and oxygen atoms in total. The van der Waals surface area contributed by atoms with Crippen molar-refractivity contribution in [3.8, 4) is 0 Å². The molecule has 0 saturated carbocycles. The van der Waals surface area contributed by atoms with Gasteiger partial charge in [0.1, 0.15) is 5.76 Å². The van der Waals surface area contributed by atoms with Gasteiger partial charge in [-0.05, 0) is 32.1 Å². The minimum absolute atomic E-state index is 0.0431. The van der Waals surface area contributed by atoms with Gasteiger partial charge in [-0.3, -0.25) is 9.59 Å². The maximum atomic E-state index is 12.3. The number of aliphatic hydroxyl groups is 1. The van der Waals surface area contributed by atoms with E-state index in [9.17, 15) is 14.7 Å². The maximum Gasteiger partial charge on any atom is 0.305 e. The van der Waals surface area contributed by atoms with E-state index < -0.39 is 5.38 Å². The van der Waals surface area contributed by atoms with Crippen LogP contribution in [0.15, 0.2) is 35.1 Å². The second-order valence-corrected chi connectivity index (χ2v) is 7.01. The quantitative estimate of drug-likeness (QED) is 0.207. The molecule has 0 fully saturated rings. The van der Waals surface area contributed by atoms with Crippen molar-refractivity contribution in [2.24, 2.45) is 0 Å². The number of alkyl halides is 1. The van der Waals surface area contributed by atoms with Gasteiger partial charge < -0.3 is 9.84 Å². The Morgan fingerprint density at radius 2 is 1.85 bits per heavy atom. The third kappa shape index (κ3) is 7.36. The zero-order valence-corrected chi connectivity index (χ0v) is 16.7. The number of ketones is 1. The molecule has 0 saturated heterocycles. The number of methoxy groups -OCH3 is 1. The molecule has 146 valence electrons. The average Bonchev–Trinajstić information content (AvgIpc) is 2.84. The van der Waals surface area contributed by atoms with E-state index in [-0.39, 0.29) is 17.5 Å². The summed E-state index contributed by atoms with van der Waals surface area (Å²) in [5.41, 5.74) is 1.07. The number of esters is 1. The number of allylic oxidation sites excluding steroid dienone is 6. The smallest absolute Gasteiger partial charge is 0.305 e. The normalized spacial score (nSPS) is 19.1. The van der Waals surface area contributed by atoms with E-state index in [4.69, 9.17) is 11.6 Å². The first kappa shape index (κ1) is 22.5. The Hall–Kier alpha value is -1.55. The standard InChI is InChI=1S/C21H31ClO4/c1-3-4-5-6-7-10-13-16-17(21(25)19(22)20(16)24)14-11-8-9-12-15-18(23)26-2/h10,13-14,19,24H,3-9,11-12,15H2,1-2H3. The number of Topliss-reactive ketones (excluding diaryl/α,β-unsaturated/α-hetero) is 1. The SMILES string of the molecule is CCCCCCC=CC1=C(O)C(Cl)C(=O)C1=CCCCCCC(=O)OC. The highest BCUT2D eigenvalue weighted by molar-refractivity contribution is 6.38. The summed E-state index contributed by atoms with van der Waals surface area (Å²) in [6.45, 7) is 2.18. The summed E-state index contributed by atoms with van der Waals surface area (Å²) in [5.74, 6) is -0.471. The summed E-state index contributed by atoms with van der Waals surface area (Å²) in [5, 5.41) is 9.18. The van der Waals surface area contributed by atoms with Gasteiger partial charge in [0, 0.05) is 17.6 Å². The van der Waals surface area contributed by atoms with Crippen LogP contribution in [0.4, 0.5) is 0 Å². The molecule has 1 rings (SSSR count). The second kappa shape index (κ2) is 12.7. The van der Waals surface area contributed by atoms with Crippen molar-refractivity contribution in [1.29, 1.82) is 0 Å². The summed E-state index contributed by atoms with van der Waals surface area (Å²) in [4.78, 5) is 23.3. The molecule has 1 atom stereocenters. The van der Waals surface area contributed by atoms with E-state index in [0.29, 0.717) is 24.0 Å². The third-order valence-corrected chi connectivity index (χ3v) is 4.88. The van der Waals surface area contributed by atoms with Gasteiger partial charge in [0.2, 0.25) is 0 Å². The second-order valence-electron chi connectivity index (χ2n) is 6.57. The minimum Gasteiger partial charge on any atom is -0.510 e. The number of hydrogen-bond acceptors (Lipinski definition) is 4. The van der Waals surface area contributed by atoms with Crippen molar-refractivity contribution in [3.05, 3.63) is 35.1 Å². The molecule has 0 bridgehead atoms. The fourth-order valence-corrected chi connectivity index (χ4v) is 3.12. The molecule has 26 heavy (non-hydrogen) atoms. The molecule has 1 unspecified atom stereocenters. The van der Waals surface area contributed by atoms with Crippen molar-refractivity contribution < 1.29 is 19.4 Å². The molecule has 5 heteroatoms.